The van der Waals surface area contributed by atoms with E-state index >= 15 is 0 Å². The van der Waals surface area contributed by atoms with Gasteiger partial charge in [0.15, 0.2) is 0 Å². The molecule has 3 nitrogen and oxygen atoms in total. The molecular formula is C16H9ClF2N2O. The predicted molar refractivity (Wildman–Crippen MR) is 80.0 cm³/mol. The first kappa shape index (κ1) is 15.7. The van der Waals surface area contributed by atoms with Gasteiger partial charge in [0.1, 0.15) is 23.3 Å². The van der Waals surface area contributed by atoms with Crippen LogP contribution >= 0.6 is 11.6 Å². The van der Waals surface area contributed by atoms with Crippen LogP contribution in [0.3, 0.4) is 0 Å². The van der Waals surface area contributed by atoms with Crippen LogP contribution < -0.4 is 5.32 Å². The number of para-hydroxylation sites is 1. The minimum atomic E-state index is -0.855. The van der Waals surface area contributed by atoms with Gasteiger partial charge in [0.25, 0.3) is 5.91 Å². The number of rotatable bonds is 3. The van der Waals surface area contributed by atoms with Gasteiger partial charge in [-0.3, -0.25) is 4.79 Å². The summed E-state index contributed by atoms with van der Waals surface area (Å²) in [6, 6.07) is 11.1. The fourth-order valence-corrected chi connectivity index (χ4v) is 1.91. The average molecular weight is 319 g/mol. The van der Waals surface area contributed by atoms with E-state index < -0.39 is 23.1 Å². The Morgan fingerprint density at radius 3 is 2.45 bits per heavy atom. The Hall–Kier alpha value is -2.71. The van der Waals surface area contributed by atoms with Crippen LogP contribution in [0.25, 0.3) is 6.08 Å². The van der Waals surface area contributed by atoms with Gasteiger partial charge in [-0.25, -0.2) is 8.78 Å². The molecule has 2 aromatic carbocycles. The maximum Gasteiger partial charge on any atom is 0.266 e. The molecule has 0 saturated heterocycles. The number of anilines is 1. The first-order chi connectivity index (χ1) is 10.5. The van der Waals surface area contributed by atoms with Crippen molar-refractivity contribution in [3.63, 3.8) is 0 Å². The number of hydrogen-bond donors (Lipinski definition) is 1. The van der Waals surface area contributed by atoms with Crippen molar-refractivity contribution in [1.82, 2.24) is 0 Å². The molecular weight excluding hydrogens is 310 g/mol. The highest BCUT2D eigenvalue weighted by atomic mass is 35.5. The van der Waals surface area contributed by atoms with Gasteiger partial charge in [-0.1, -0.05) is 29.8 Å². The molecule has 2 aromatic rings. The van der Waals surface area contributed by atoms with Gasteiger partial charge >= 0.3 is 0 Å². The maximum absolute atomic E-state index is 13.7. The van der Waals surface area contributed by atoms with E-state index in [1.807, 2.05) is 0 Å². The number of halogens is 3. The van der Waals surface area contributed by atoms with Crippen molar-refractivity contribution < 1.29 is 13.6 Å². The highest BCUT2D eigenvalue weighted by molar-refractivity contribution is 6.32. The van der Waals surface area contributed by atoms with Crippen LogP contribution in [0.1, 0.15) is 5.56 Å². The lowest BCUT2D eigenvalue weighted by Crippen LogP contribution is -2.14. The van der Waals surface area contributed by atoms with Crippen molar-refractivity contribution in [1.29, 1.82) is 5.26 Å². The molecule has 6 heteroatoms. The van der Waals surface area contributed by atoms with Gasteiger partial charge < -0.3 is 5.32 Å². The molecule has 0 fully saturated rings. The summed E-state index contributed by atoms with van der Waals surface area (Å²) >= 11 is 5.83. The van der Waals surface area contributed by atoms with Crippen molar-refractivity contribution in [2.75, 3.05) is 5.32 Å². The molecule has 0 atom stereocenters. The molecule has 0 heterocycles. The van der Waals surface area contributed by atoms with Crippen LogP contribution in [0.15, 0.2) is 48.0 Å². The number of amides is 1. The Kier molecular flexibility index (Phi) is 4.87. The first-order valence-electron chi connectivity index (χ1n) is 6.14. The highest BCUT2D eigenvalue weighted by Crippen LogP contribution is 2.22. The Morgan fingerprint density at radius 2 is 1.82 bits per heavy atom. The third-order valence-corrected chi connectivity index (χ3v) is 3.11. The molecule has 0 aromatic heterocycles. The molecule has 0 aliphatic heterocycles. The van der Waals surface area contributed by atoms with Crippen LogP contribution in [0.2, 0.25) is 5.02 Å². The van der Waals surface area contributed by atoms with Crippen molar-refractivity contribution in [2.24, 2.45) is 0 Å². The zero-order chi connectivity index (χ0) is 16.1. The fraction of sp³-hybridized carbons (Fsp3) is 0. The van der Waals surface area contributed by atoms with E-state index in [-0.39, 0.29) is 16.3 Å². The van der Waals surface area contributed by atoms with Crippen LogP contribution in [0.5, 0.6) is 0 Å². The highest BCUT2D eigenvalue weighted by Gasteiger charge is 2.14. The normalized spacial score (nSPS) is 10.9. The Bertz CT molecular complexity index is 777. The summed E-state index contributed by atoms with van der Waals surface area (Å²) in [4.78, 5) is 12.0. The standard InChI is InChI=1S/C16H9ClF2N2O/c17-12-4-3-6-13(18)11(12)8-10(9-20)16(22)21-15-7-2-1-5-14(15)19/h1-8H,(H,21,22)/b10-8+. The smallest absolute Gasteiger partial charge is 0.266 e. The Balaban J connectivity index is 2.33. The van der Waals surface area contributed by atoms with Crippen LogP contribution in [-0.4, -0.2) is 5.91 Å². The SMILES string of the molecule is N#C/C(=C\c1c(F)cccc1Cl)C(=O)Nc1ccccc1F. The number of carbonyl (C=O) groups is 1. The maximum atomic E-state index is 13.7. The summed E-state index contributed by atoms with van der Waals surface area (Å²) < 4.78 is 27.1. The van der Waals surface area contributed by atoms with Gasteiger partial charge in [0.05, 0.1) is 10.7 Å². The molecule has 110 valence electrons. The van der Waals surface area contributed by atoms with Gasteiger partial charge in [-0.05, 0) is 30.3 Å². The van der Waals surface area contributed by atoms with Gasteiger partial charge in [0.2, 0.25) is 0 Å². The van der Waals surface area contributed by atoms with E-state index in [4.69, 9.17) is 16.9 Å². The van der Waals surface area contributed by atoms with Gasteiger partial charge in [0, 0.05) is 5.56 Å². The van der Waals surface area contributed by atoms with Crippen LogP contribution in [-0.2, 0) is 4.79 Å². The van der Waals surface area contributed by atoms with Crippen molar-refractivity contribution >= 4 is 29.3 Å². The second-order valence-corrected chi connectivity index (χ2v) is 4.65. The van der Waals surface area contributed by atoms with E-state index in [1.54, 1.807) is 6.07 Å². The van der Waals surface area contributed by atoms with Crippen LogP contribution in [0, 0.1) is 23.0 Å². The summed E-state index contributed by atoms with van der Waals surface area (Å²) in [5.41, 5.74) is -0.548. The Morgan fingerprint density at radius 1 is 1.14 bits per heavy atom. The lowest BCUT2D eigenvalue weighted by molar-refractivity contribution is -0.112. The van der Waals surface area contributed by atoms with E-state index in [0.29, 0.717) is 0 Å². The molecule has 0 aliphatic rings. The monoisotopic (exact) mass is 318 g/mol. The lowest BCUT2D eigenvalue weighted by Gasteiger charge is -2.06. The number of nitrogens with one attached hydrogen (secondary N) is 1. The topological polar surface area (TPSA) is 52.9 Å². The van der Waals surface area contributed by atoms with Gasteiger partial charge in [-0.2, -0.15) is 5.26 Å². The van der Waals surface area contributed by atoms with E-state index in [0.717, 1.165) is 12.1 Å². The predicted octanol–water partition coefficient (Wildman–Crippen LogP) is 4.16. The number of benzene rings is 2. The van der Waals surface area contributed by atoms with Crippen molar-refractivity contribution in [3.05, 3.63) is 70.3 Å². The third-order valence-electron chi connectivity index (χ3n) is 2.78. The fourth-order valence-electron chi connectivity index (χ4n) is 1.69. The minimum absolute atomic E-state index is 0.0615. The molecule has 1 N–H and O–H groups in total. The Labute approximate surface area is 130 Å². The molecule has 0 aliphatic carbocycles. The van der Waals surface area contributed by atoms with Crippen molar-refractivity contribution in [2.45, 2.75) is 0 Å². The molecule has 0 bridgehead atoms. The quantitative estimate of drug-likeness (QED) is 0.682. The van der Waals surface area contributed by atoms with E-state index in [9.17, 15) is 13.6 Å². The van der Waals surface area contributed by atoms with Crippen LogP contribution in [0.4, 0.5) is 14.5 Å². The third kappa shape index (κ3) is 3.48. The number of nitriles is 1. The molecule has 0 unspecified atom stereocenters. The second-order valence-electron chi connectivity index (χ2n) is 4.24. The molecule has 1 amide bonds. The number of carbonyl (C=O) groups excluding carboxylic acids is 1. The largest absolute Gasteiger partial charge is 0.319 e. The lowest BCUT2D eigenvalue weighted by atomic mass is 10.1. The van der Waals surface area contributed by atoms with E-state index in [1.165, 1.54) is 36.4 Å². The van der Waals surface area contributed by atoms with Gasteiger partial charge in [-0.15, -0.1) is 0 Å². The molecule has 2 rings (SSSR count). The molecule has 0 saturated carbocycles. The average Bonchev–Trinajstić information content (AvgIpc) is 2.49. The zero-order valence-corrected chi connectivity index (χ0v) is 11.9. The molecule has 0 spiro atoms. The zero-order valence-electron chi connectivity index (χ0n) is 11.1. The second kappa shape index (κ2) is 6.83. The summed E-state index contributed by atoms with van der Waals surface area (Å²) in [7, 11) is 0. The summed E-state index contributed by atoms with van der Waals surface area (Å²) in [5.74, 6) is -2.16. The number of nitrogens with zero attached hydrogens (tertiary/aromatic N) is 1. The summed E-state index contributed by atoms with van der Waals surface area (Å²) in [5, 5.41) is 11.4. The first-order valence-corrected chi connectivity index (χ1v) is 6.52. The van der Waals surface area contributed by atoms with Crippen molar-refractivity contribution in [3.8, 4) is 6.07 Å². The molecule has 0 radical (unpaired) electrons. The van der Waals surface area contributed by atoms with E-state index in [2.05, 4.69) is 5.32 Å². The summed E-state index contributed by atoms with van der Waals surface area (Å²) in [6.07, 6.45) is 1.02. The summed E-state index contributed by atoms with van der Waals surface area (Å²) in [6.45, 7) is 0. The number of hydrogen-bond acceptors (Lipinski definition) is 2. The minimum Gasteiger partial charge on any atom is -0.319 e. The molecule has 22 heavy (non-hydrogen) atoms.